The summed E-state index contributed by atoms with van der Waals surface area (Å²) in [5.74, 6) is 0.623. The van der Waals surface area contributed by atoms with Gasteiger partial charge in [0.1, 0.15) is 17.0 Å². The highest BCUT2D eigenvalue weighted by molar-refractivity contribution is 5.73. The molecule has 3 aromatic rings. The van der Waals surface area contributed by atoms with Crippen molar-refractivity contribution in [2.75, 3.05) is 0 Å². The number of phenolic OH excluding ortho intramolecular Hbond substituents is 1. The molecule has 0 aliphatic rings. The van der Waals surface area contributed by atoms with E-state index in [4.69, 9.17) is 4.74 Å². The number of phenols is 1. The minimum absolute atomic E-state index is 0.142. The van der Waals surface area contributed by atoms with E-state index in [-0.39, 0.29) is 11.8 Å². The first-order valence-corrected chi connectivity index (χ1v) is 5.79. The van der Waals surface area contributed by atoms with Gasteiger partial charge in [-0.05, 0) is 36.8 Å². The molecule has 5 heteroatoms. The maximum Gasteiger partial charge on any atom is 0.341 e. The van der Waals surface area contributed by atoms with Crippen LogP contribution in [0.2, 0.25) is 0 Å². The molecule has 0 saturated heterocycles. The third kappa shape index (κ3) is 2.44. The highest BCUT2D eigenvalue weighted by Crippen LogP contribution is 2.24. The van der Waals surface area contributed by atoms with Crippen LogP contribution >= 0.6 is 0 Å². The van der Waals surface area contributed by atoms with Gasteiger partial charge in [0.25, 0.3) is 0 Å². The number of fused-ring (bicyclic) bond motifs is 1. The molecule has 0 atom stereocenters. The molecule has 94 valence electrons. The van der Waals surface area contributed by atoms with Crippen molar-refractivity contribution in [2.45, 2.75) is 6.92 Å². The molecule has 0 radical (unpaired) electrons. The van der Waals surface area contributed by atoms with Crippen LogP contribution in [-0.2, 0) is 0 Å². The largest absolute Gasteiger partial charge is 0.508 e. The van der Waals surface area contributed by atoms with Crippen molar-refractivity contribution in [1.82, 2.24) is 15.2 Å². The molecule has 0 fully saturated rings. The second-order valence-electron chi connectivity index (χ2n) is 4.19. The summed E-state index contributed by atoms with van der Waals surface area (Å²) in [5, 5.41) is 17.4. The topological polar surface area (TPSA) is 68.1 Å². The van der Waals surface area contributed by atoms with Gasteiger partial charge in [-0.2, -0.15) is 4.98 Å². The molecule has 0 aliphatic carbocycles. The van der Waals surface area contributed by atoms with E-state index in [2.05, 4.69) is 15.2 Å². The van der Waals surface area contributed by atoms with E-state index in [1.165, 1.54) is 6.07 Å². The van der Waals surface area contributed by atoms with Crippen molar-refractivity contribution < 1.29 is 9.84 Å². The molecule has 2 aromatic carbocycles. The molecule has 5 nitrogen and oxygen atoms in total. The van der Waals surface area contributed by atoms with Crippen LogP contribution in [0.1, 0.15) is 5.56 Å². The molecule has 1 heterocycles. The summed E-state index contributed by atoms with van der Waals surface area (Å²) in [6.45, 7) is 1.87. The van der Waals surface area contributed by atoms with Gasteiger partial charge >= 0.3 is 6.01 Å². The summed E-state index contributed by atoms with van der Waals surface area (Å²) in [6.07, 6.45) is 0. The third-order valence-electron chi connectivity index (χ3n) is 2.59. The number of ether oxygens (including phenoxy) is 1. The Balaban J connectivity index is 1.96. The molecular weight excluding hydrogens is 242 g/mol. The fourth-order valence-electron chi connectivity index (χ4n) is 1.80. The molecule has 0 amide bonds. The Kier molecular flexibility index (Phi) is 2.72. The van der Waals surface area contributed by atoms with Crippen molar-refractivity contribution in [2.24, 2.45) is 0 Å². The quantitative estimate of drug-likeness (QED) is 0.760. The summed E-state index contributed by atoms with van der Waals surface area (Å²) in [6, 6.07) is 12.5. The van der Waals surface area contributed by atoms with Crippen molar-refractivity contribution in [3.8, 4) is 17.5 Å². The highest BCUT2D eigenvalue weighted by Gasteiger charge is 2.05. The van der Waals surface area contributed by atoms with E-state index >= 15 is 0 Å². The third-order valence-corrected chi connectivity index (χ3v) is 2.59. The Morgan fingerprint density at radius 3 is 2.58 bits per heavy atom. The summed E-state index contributed by atoms with van der Waals surface area (Å²) < 4.78 is 5.50. The fourth-order valence-corrected chi connectivity index (χ4v) is 1.80. The number of para-hydroxylation sites is 1. The number of hydrogen-bond donors (Lipinski definition) is 1. The van der Waals surface area contributed by atoms with Crippen molar-refractivity contribution in [1.29, 1.82) is 0 Å². The normalized spacial score (nSPS) is 10.6. The molecule has 3 rings (SSSR count). The predicted molar refractivity (Wildman–Crippen MR) is 70.3 cm³/mol. The summed E-state index contributed by atoms with van der Waals surface area (Å²) in [7, 11) is 0. The van der Waals surface area contributed by atoms with Crippen LogP contribution in [0.15, 0.2) is 42.5 Å². The lowest BCUT2D eigenvalue weighted by molar-refractivity contribution is 0.427. The summed E-state index contributed by atoms with van der Waals surface area (Å²) in [5.41, 5.74) is 2.31. The minimum atomic E-state index is 0.142. The van der Waals surface area contributed by atoms with Crippen LogP contribution in [0.3, 0.4) is 0 Å². The number of aromatic nitrogens is 3. The van der Waals surface area contributed by atoms with Gasteiger partial charge in [-0.3, -0.25) is 0 Å². The number of benzene rings is 2. The van der Waals surface area contributed by atoms with Crippen LogP contribution < -0.4 is 4.74 Å². The lowest BCUT2D eigenvalue weighted by Gasteiger charge is -2.05. The average Bonchev–Trinajstić information content (AvgIpc) is 2.37. The minimum Gasteiger partial charge on any atom is -0.508 e. The van der Waals surface area contributed by atoms with Crippen molar-refractivity contribution in [3.05, 3.63) is 48.0 Å². The second kappa shape index (κ2) is 4.53. The molecule has 0 saturated carbocycles. The average molecular weight is 253 g/mol. The Labute approximate surface area is 109 Å². The number of nitrogens with zero attached hydrogens (tertiary/aromatic N) is 3. The van der Waals surface area contributed by atoms with E-state index in [0.29, 0.717) is 16.8 Å². The first-order chi connectivity index (χ1) is 9.20. The summed E-state index contributed by atoms with van der Waals surface area (Å²) in [4.78, 5) is 4.25. The summed E-state index contributed by atoms with van der Waals surface area (Å²) >= 11 is 0. The van der Waals surface area contributed by atoms with Gasteiger partial charge in [0.05, 0.1) is 5.52 Å². The van der Waals surface area contributed by atoms with Gasteiger partial charge in [-0.1, -0.05) is 17.2 Å². The second-order valence-corrected chi connectivity index (χ2v) is 4.19. The number of aromatic hydroxyl groups is 1. The van der Waals surface area contributed by atoms with Crippen LogP contribution in [0.4, 0.5) is 0 Å². The number of aryl methyl sites for hydroxylation is 1. The van der Waals surface area contributed by atoms with E-state index in [9.17, 15) is 5.11 Å². The molecule has 0 spiro atoms. The van der Waals surface area contributed by atoms with Gasteiger partial charge in [0, 0.05) is 6.07 Å². The molecule has 1 N–H and O–H groups in total. The highest BCUT2D eigenvalue weighted by atomic mass is 16.5. The van der Waals surface area contributed by atoms with E-state index in [1.807, 2.05) is 31.2 Å². The van der Waals surface area contributed by atoms with Gasteiger partial charge in [0.15, 0.2) is 0 Å². The lowest BCUT2D eigenvalue weighted by atomic mass is 10.2. The van der Waals surface area contributed by atoms with Gasteiger partial charge in [-0.15, -0.1) is 5.10 Å². The van der Waals surface area contributed by atoms with Crippen LogP contribution in [0.25, 0.3) is 11.0 Å². The Morgan fingerprint density at radius 1 is 1.00 bits per heavy atom. The predicted octanol–water partition coefficient (Wildman–Crippen LogP) is 2.83. The molecule has 1 aromatic heterocycles. The standard InChI is InChI=1S/C14H11N3O2/c1-9-6-10(18)8-11(7-9)19-14-15-12-4-2-3-5-13(12)16-17-14/h2-8,18H,1H3. The van der Waals surface area contributed by atoms with E-state index in [1.54, 1.807) is 12.1 Å². The number of hydrogen-bond acceptors (Lipinski definition) is 5. The fraction of sp³-hybridized carbons (Fsp3) is 0.0714. The smallest absolute Gasteiger partial charge is 0.341 e. The van der Waals surface area contributed by atoms with E-state index < -0.39 is 0 Å². The van der Waals surface area contributed by atoms with Crippen LogP contribution in [0.5, 0.6) is 17.5 Å². The van der Waals surface area contributed by atoms with Crippen molar-refractivity contribution in [3.63, 3.8) is 0 Å². The molecule has 0 unspecified atom stereocenters. The van der Waals surface area contributed by atoms with Crippen molar-refractivity contribution >= 4 is 11.0 Å². The molecule has 19 heavy (non-hydrogen) atoms. The van der Waals surface area contributed by atoms with E-state index in [0.717, 1.165) is 5.56 Å². The Hall–Kier alpha value is -2.69. The Morgan fingerprint density at radius 2 is 1.79 bits per heavy atom. The molecule has 0 aliphatic heterocycles. The van der Waals surface area contributed by atoms with Crippen LogP contribution in [-0.4, -0.2) is 20.3 Å². The molecular formula is C14H11N3O2. The Bertz CT molecular complexity index is 723. The monoisotopic (exact) mass is 253 g/mol. The zero-order valence-corrected chi connectivity index (χ0v) is 10.2. The van der Waals surface area contributed by atoms with Gasteiger partial charge < -0.3 is 9.84 Å². The van der Waals surface area contributed by atoms with Gasteiger partial charge in [0.2, 0.25) is 0 Å². The zero-order chi connectivity index (χ0) is 13.2. The zero-order valence-electron chi connectivity index (χ0n) is 10.2. The maximum absolute atomic E-state index is 9.51. The van der Waals surface area contributed by atoms with Crippen LogP contribution in [0, 0.1) is 6.92 Å². The first-order valence-electron chi connectivity index (χ1n) is 5.79. The lowest BCUT2D eigenvalue weighted by Crippen LogP contribution is -1.95. The van der Waals surface area contributed by atoms with Gasteiger partial charge in [-0.25, -0.2) is 0 Å². The molecule has 0 bridgehead atoms. The maximum atomic E-state index is 9.51. The number of rotatable bonds is 2. The first kappa shape index (κ1) is 11.4. The SMILES string of the molecule is Cc1cc(O)cc(Oc2nnc3ccccc3n2)c1.